The molecule has 2 saturated heterocycles. The number of carboxylic acids is 1. The van der Waals surface area contributed by atoms with E-state index in [1.54, 1.807) is 49.4 Å². The Morgan fingerprint density at radius 2 is 1.59 bits per heavy atom. The number of carbonyl (C=O) groups excluding carboxylic acids is 4. The number of methoxy groups -OCH3 is 1. The fourth-order valence-corrected chi connectivity index (χ4v) is 8.24. The molecular formula is C35H30N2O9. The van der Waals surface area contributed by atoms with Crippen molar-refractivity contribution in [3.63, 3.8) is 0 Å². The Morgan fingerprint density at radius 3 is 2.26 bits per heavy atom. The summed E-state index contributed by atoms with van der Waals surface area (Å²) in [5.74, 6) is -7.76. The molecule has 6 unspecified atom stereocenters. The van der Waals surface area contributed by atoms with Gasteiger partial charge in [0.25, 0.3) is 0 Å². The van der Waals surface area contributed by atoms with Gasteiger partial charge in [-0.3, -0.25) is 19.2 Å². The van der Waals surface area contributed by atoms with E-state index in [2.05, 4.69) is 0 Å². The van der Waals surface area contributed by atoms with Crippen LogP contribution in [-0.2, 0) is 19.2 Å². The molecule has 6 atom stereocenters. The number of benzene rings is 3. The maximum atomic E-state index is 14.5. The van der Waals surface area contributed by atoms with Crippen molar-refractivity contribution in [2.75, 3.05) is 16.9 Å². The van der Waals surface area contributed by atoms with Gasteiger partial charge in [-0.25, -0.2) is 14.6 Å². The van der Waals surface area contributed by atoms with Crippen LogP contribution in [0, 0.1) is 29.1 Å². The lowest BCUT2D eigenvalue weighted by molar-refractivity contribution is -0.131. The molecule has 234 valence electrons. The zero-order valence-corrected chi connectivity index (χ0v) is 24.9. The van der Waals surface area contributed by atoms with E-state index < -0.39 is 70.4 Å². The van der Waals surface area contributed by atoms with Crippen LogP contribution in [0.25, 0.3) is 0 Å². The first-order valence-corrected chi connectivity index (χ1v) is 14.9. The van der Waals surface area contributed by atoms with Crippen LogP contribution < -0.4 is 14.5 Å². The van der Waals surface area contributed by atoms with E-state index in [-0.39, 0.29) is 29.8 Å². The van der Waals surface area contributed by atoms with Crippen LogP contribution in [-0.4, -0.2) is 52.0 Å². The molecule has 3 fully saturated rings. The fraction of sp³-hybridized carbons (Fsp3) is 0.286. The molecule has 0 radical (unpaired) electrons. The molecule has 2 aliphatic carbocycles. The van der Waals surface area contributed by atoms with E-state index in [1.165, 1.54) is 24.1 Å². The molecule has 11 heteroatoms. The number of carbonyl (C=O) groups is 5. The minimum atomic E-state index is -1.36. The number of fused-ring (bicyclic) bond motifs is 4. The van der Waals surface area contributed by atoms with Gasteiger partial charge in [-0.05, 0) is 62.1 Å². The van der Waals surface area contributed by atoms with Gasteiger partial charge in [-0.15, -0.1) is 0 Å². The monoisotopic (exact) mass is 622 g/mol. The molecule has 3 N–H and O–H groups in total. The second-order valence-corrected chi connectivity index (χ2v) is 12.4. The van der Waals surface area contributed by atoms with Crippen molar-refractivity contribution in [2.45, 2.75) is 25.7 Å². The summed E-state index contributed by atoms with van der Waals surface area (Å²) in [7, 11) is 1.45. The Hall–Kier alpha value is -5.45. The largest absolute Gasteiger partial charge is 0.508 e. The zero-order valence-electron chi connectivity index (χ0n) is 24.9. The Labute approximate surface area is 263 Å². The highest BCUT2D eigenvalue weighted by molar-refractivity contribution is 6.25. The summed E-state index contributed by atoms with van der Waals surface area (Å²) in [5.41, 5.74) is -0.293. The molecular weight excluding hydrogens is 592 g/mol. The number of para-hydroxylation sites is 1. The summed E-state index contributed by atoms with van der Waals surface area (Å²) in [6, 6.07) is 16.9. The molecule has 0 spiro atoms. The van der Waals surface area contributed by atoms with Gasteiger partial charge in [-0.1, -0.05) is 35.9 Å². The Balaban J connectivity index is 1.37. The zero-order chi connectivity index (χ0) is 32.7. The first kappa shape index (κ1) is 29.3. The quantitative estimate of drug-likeness (QED) is 0.279. The molecule has 1 saturated carbocycles. The predicted octanol–water partition coefficient (Wildman–Crippen LogP) is 4.24. The summed E-state index contributed by atoms with van der Waals surface area (Å²) in [5, 5.41) is 30.9. The van der Waals surface area contributed by atoms with E-state index in [4.69, 9.17) is 4.74 Å². The molecule has 3 aromatic rings. The van der Waals surface area contributed by atoms with Crippen molar-refractivity contribution in [1.82, 2.24) is 0 Å². The number of aromatic carboxylic acids is 1. The van der Waals surface area contributed by atoms with Crippen LogP contribution in [0.15, 0.2) is 78.4 Å². The molecule has 7 rings (SSSR count). The van der Waals surface area contributed by atoms with Gasteiger partial charge in [-0.2, -0.15) is 0 Å². The number of phenols is 2. The van der Waals surface area contributed by atoms with E-state index in [1.807, 2.05) is 6.08 Å². The lowest BCUT2D eigenvalue weighted by Crippen LogP contribution is -2.49. The maximum Gasteiger partial charge on any atom is 0.339 e. The number of nitrogens with zero attached hydrogens (tertiary/aromatic N) is 2. The van der Waals surface area contributed by atoms with Crippen LogP contribution in [0.2, 0.25) is 0 Å². The van der Waals surface area contributed by atoms with E-state index in [0.717, 1.165) is 17.0 Å². The summed E-state index contributed by atoms with van der Waals surface area (Å²) in [4.78, 5) is 70.3. The minimum absolute atomic E-state index is 0.0374. The number of rotatable bonds is 5. The molecule has 4 amide bonds. The third-order valence-corrected chi connectivity index (χ3v) is 10.3. The van der Waals surface area contributed by atoms with Crippen molar-refractivity contribution in [2.24, 2.45) is 29.1 Å². The average Bonchev–Trinajstić information content (AvgIpc) is 3.41. The number of allylic oxidation sites excluding steroid dienone is 2. The highest BCUT2D eigenvalue weighted by Crippen LogP contribution is 2.65. The lowest BCUT2D eigenvalue weighted by Gasteiger charge is -2.49. The molecule has 11 nitrogen and oxygen atoms in total. The topological polar surface area (TPSA) is 162 Å². The van der Waals surface area contributed by atoms with E-state index in [9.17, 15) is 39.3 Å². The van der Waals surface area contributed by atoms with Gasteiger partial charge < -0.3 is 20.1 Å². The standard InChI is InChI=1S/C35H30N2O9/c1-35-23(31(41)37(34(35)45)17-7-4-3-5-8-17)16-22-19(29(35)28-24(38)9-6-10-26(28)46-2)13-14-21-27(22)32(42)36(30(21)40)18-11-12-20(33(43)44)25(39)15-18/h3-13,15,21-23,27,29,38-39H,14,16H2,1-2H3,(H,43,44). The Morgan fingerprint density at radius 1 is 0.848 bits per heavy atom. The van der Waals surface area contributed by atoms with Gasteiger partial charge in [0, 0.05) is 17.5 Å². The second kappa shape index (κ2) is 10.3. The van der Waals surface area contributed by atoms with Crippen LogP contribution in [0.1, 0.15) is 41.6 Å². The number of hydrogen-bond donors (Lipinski definition) is 3. The predicted molar refractivity (Wildman–Crippen MR) is 163 cm³/mol. The van der Waals surface area contributed by atoms with Crippen molar-refractivity contribution < 1.29 is 44.0 Å². The molecule has 3 aromatic carbocycles. The first-order chi connectivity index (χ1) is 22.0. The molecule has 2 heterocycles. The molecule has 0 bridgehead atoms. The maximum absolute atomic E-state index is 14.5. The van der Waals surface area contributed by atoms with Crippen LogP contribution in [0.3, 0.4) is 0 Å². The summed E-state index contributed by atoms with van der Waals surface area (Å²) < 4.78 is 5.67. The third-order valence-electron chi connectivity index (χ3n) is 10.3. The SMILES string of the molecule is COc1cccc(O)c1C1C2=CCC3C(=O)N(c4ccc(C(=O)O)c(O)c4)C(=O)C3C2CC2C(=O)N(c3ccccc3)C(=O)C21C. The van der Waals surface area contributed by atoms with Gasteiger partial charge in [0.15, 0.2) is 0 Å². The van der Waals surface area contributed by atoms with Gasteiger partial charge in [0.1, 0.15) is 22.8 Å². The van der Waals surface area contributed by atoms with Gasteiger partial charge >= 0.3 is 5.97 Å². The van der Waals surface area contributed by atoms with Crippen LogP contribution in [0.5, 0.6) is 17.2 Å². The number of imide groups is 2. The number of hydrogen-bond acceptors (Lipinski definition) is 8. The average molecular weight is 623 g/mol. The van der Waals surface area contributed by atoms with E-state index in [0.29, 0.717) is 22.6 Å². The first-order valence-electron chi connectivity index (χ1n) is 14.9. The number of ether oxygens (including phenoxy) is 1. The highest BCUT2D eigenvalue weighted by atomic mass is 16.5. The van der Waals surface area contributed by atoms with Crippen molar-refractivity contribution >= 4 is 41.0 Å². The highest BCUT2D eigenvalue weighted by Gasteiger charge is 2.68. The molecule has 46 heavy (non-hydrogen) atoms. The normalized spacial score (nSPS) is 28.5. The minimum Gasteiger partial charge on any atom is -0.508 e. The Kier molecular flexibility index (Phi) is 6.55. The number of carboxylic acid groups (broad SMARTS) is 1. The van der Waals surface area contributed by atoms with Gasteiger partial charge in [0.05, 0.1) is 41.7 Å². The Bertz CT molecular complexity index is 1890. The number of anilines is 2. The van der Waals surface area contributed by atoms with Gasteiger partial charge in [0.2, 0.25) is 23.6 Å². The van der Waals surface area contributed by atoms with Crippen molar-refractivity contribution in [3.8, 4) is 17.2 Å². The third kappa shape index (κ3) is 3.87. The van der Waals surface area contributed by atoms with Crippen LogP contribution in [0.4, 0.5) is 11.4 Å². The summed E-state index contributed by atoms with van der Waals surface area (Å²) in [6.07, 6.45) is 2.13. The van der Waals surface area contributed by atoms with Crippen molar-refractivity contribution in [1.29, 1.82) is 0 Å². The van der Waals surface area contributed by atoms with Crippen molar-refractivity contribution in [3.05, 3.63) is 89.5 Å². The number of phenolic OH excluding ortho intramolecular Hbond substituents is 1. The molecule has 0 aromatic heterocycles. The van der Waals surface area contributed by atoms with E-state index >= 15 is 0 Å². The molecule has 4 aliphatic rings. The van der Waals surface area contributed by atoms with Crippen LogP contribution >= 0.6 is 0 Å². The molecule has 2 aliphatic heterocycles. The lowest BCUT2D eigenvalue weighted by atomic mass is 9.51. The number of aromatic hydroxyl groups is 2. The second-order valence-electron chi connectivity index (χ2n) is 12.4. The fourth-order valence-electron chi connectivity index (χ4n) is 8.24. The summed E-state index contributed by atoms with van der Waals surface area (Å²) >= 11 is 0. The number of amides is 4. The summed E-state index contributed by atoms with van der Waals surface area (Å²) in [6.45, 7) is 1.72. The smallest absolute Gasteiger partial charge is 0.339 e.